The molecule has 2 N–H and O–H groups in total. The van der Waals surface area contributed by atoms with Gasteiger partial charge in [-0.05, 0) is 71.9 Å². The Bertz CT molecular complexity index is 317. The molecule has 1 saturated carbocycles. The van der Waals surface area contributed by atoms with Crippen LogP contribution in [0.3, 0.4) is 0 Å². The molecule has 116 valence electrons. The second-order valence-corrected chi connectivity index (χ2v) is 8.15. The summed E-state index contributed by atoms with van der Waals surface area (Å²) < 4.78 is 0. The summed E-state index contributed by atoms with van der Waals surface area (Å²) in [6, 6.07) is 1.55. The Balaban J connectivity index is 1.70. The van der Waals surface area contributed by atoms with Gasteiger partial charge in [-0.25, -0.2) is 0 Å². The molecule has 3 aliphatic rings. The van der Waals surface area contributed by atoms with E-state index < -0.39 is 0 Å². The van der Waals surface area contributed by atoms with Gasteiger partial charge >= 0.3 is 0 Å². The van der Waals surface area contributed by atoms with E-state index in [4.69, 9.17) is 0 Å². The van der Waals surface area contributed by atoms with E-state index in [1.54, 1.807) is 0 Å². The zero-order valence-electron chi connectivity index (χ0n) is 13.6. The zero-order valence-corrected chi connectivity index (χ0v) is 13.6. The molecule has 0 spiro atoms. The standard InChI is InChI=1S/C17H33N3/c1-17(2,3)20-15-7-5-4-6-14(15)19-16(20)12-13-8-10-18-11-9-13/h13-16,18-19H,4-12H2,1-3H3. The van der Waals surface area contributed by atoms with Crippen LogP contribution < -0.4 is 10.6 Å². The third-order valence-electron chi connectivity index (χ3n) is 5.62. The summed E-state index contributed by atoms with van der Waals surface area (Å²) in [6.07, 6.45) is 10.3. The van der Waals surface area contributed by atoms with Gasteiger partial charge in [-0.1, -0.05) is 12.8 Å². The van der Waals surface area contributed by atoms with Crippen LogP contribution >= 0.6 is 0 Å². The lowest BCUT2D eigenvalue weighted by Gasteiger charge is -2.43. The number of piperidine rings is 1. The third kappa shape index (κ3) is 3.05. The highest BCUT2D eigenvalue weighted by Crippen LogP contribution is 2.37. The van der Waals surface area contributed by atoms with Crippen molar-refractivity contribution in [1.82, 2.24) is 15.5 Å². The molecule has 0 amide bonds. The Morgan fingerprint density at radius 2 is 1.70 bits per heavy atom. The molecule has 1 aliphatic carbocycles. The van der Waals surface area contributed by atoms with Crippen molar-refractivity contribution >= 4 is 0 Å². The van der Waals surface area contributed by atoms with Crippen molar-refractivity contribution in [3.8, 4) is 0 Å². The van der Waals surface area contributed by atoms with Crippen LogP contribution in [0.4, 0.5) is 0 Å². The average molecular weight is 279 g/mol. The first kappa shape index (κ1) is 14.8. The van der Waals surface area contributed by atoms with Crippen molar-refractivity contribution in [2.24, 2.45) is 5.92 Å². The van der Waals surface area contributed by atoms with E-state index >= 15 is 0 Å². The molecule has 3 fully saturated rings. The van der Waals surface area contributed by atoms with Crippen molar-refractivity contribution < 1.29 is 0 Å². The van der Waals surface area contributed by atoms with Gasteiger partial charge in [0.25, 0.3) is 0 Å². The van der Waals surface area contributed by atoms with Gasteiger partial charge in [-0.2, -0.15) is 0 Å². The largest absolute Gasteiger partial charge is 0.317 e. The first-order chi connectivity index (χ1) is 9.55. The Morgan fingerprint density at radius 3 is 2.40 bits per heavy atom. The second-order valence-electron chi connectivity index (χ2n) is 8.15. The molecule has 3 nitrogen and oxygen atoms in total. The molecule has 3 heteroatoms. The fraction of sp³-hybridized carbons (Fsp3) is 1.00. The molecule has 3 atom stereocenters. The van der Waals surface area contributed by atoms with E-state index in [1.165, 1.54) is 58.0 Å². The topological polar surface area (TPSA) is 27.3 Å². The van der Waals surface area contributed by atoms with Crippen molar-refractivity contribution in [1.29, 1.82) is 0 Å². The van der Waals surface area contributed by atoms with Crippen LogP contribution in [0.5, 0.6) is 0 Å². The first-order valence-corrected chi connectivity index (χ1v) is 8.81. The molecule has 0 radical (unpaired) electrons. The molecular formula is C17H33N3. The van der Waals surface area contributed by atoms with Gasteiger partial charge in [0.2, 0.25) is 0 Å². The lowest BCUT2D eigenvalue weighted by Crippen LogP contribution is -2.52. The number of fused-ring (bicyclic) bond motifs is 1. The lowest BCUT2D eigenvalue weighted by molar-refractivity contribution is 0.0472. The van der Waals surface area contributed by atoms with E-state index in [-0.39, 0.29) is 0 Å². The molecule has 0 aromatic rings. The maximum Gasteiger partial charge on any atom is 0.0610 e. The average Bonchev–Trinajstić information content (AvgIpc) is 2.77. The van der Waals surface area contributed by atoms with Crippen molar-refractivity contribution in [2.75, 3.05) is 13.1 Å². The SMILES string of the molecule is CC(C)(C)N1C(CC2CCNCC2)NC2CCCCC21. The monoisotopic (exact) mass is 279 g/mol. The van der Waals surface area contributed by atoms with Crippen molar-refractivity contribution in [3.05, 3.63) is 0 Å². The van der Waals surface area contributed by atoms with Gasteiger partial charge in [-0.15, -0.1) is 0 Å². The summed E-state index contributed by atoms with van der Waals surface area (Å²) in [5.41, 5.74) is 0.293. The van der Waals surface area contributed by atoms with Crippen LogP contribution in [0.2, 0.25) is 0 Å². The summed E-state index contributed by atoms with van der Waals surface area (Å²) in [5, 5.41) is 7.50. The number of rotatable bonds is 2. The third-order valence-corrected chi connectivity index (χ3v) is 5.62. The zero-order chi connectivity index (χ0) is 14.2. The predicted octanol–water partition coefficient (Wildman–Crippen LogP) is 2.72. The van der Waals surface area contributed by atoms with Gasteiger partial charge in [0, 0.05) is 17.6 Å². The molecule has 20 heavy (non-hydrogen) atoms. The minimum Gasteiger partial charge on any atom is -0.317 e. The molecule has 3 unspecified atom stereocenters. The maximum atomic E-state index is 4.00. The van der Waals surface area contributed by atoms with Crippen molar-refractivity contribution in [2.45, 2.75) is 89.5 Å². The highest BCUT2D eigenvalue weighted by Gasteiger charge is 2.46. The normalized spacial score (nSPS) is 37.0. The molecular weight excluding hydrogens is 246 g/mol. The van der Waals surface area contributed by atoms with E-state index in [0.717, 1.165) is 18.0 Å². The fourth-order valence-corrected chi connectivity index (χ4v) is 4.78. The minimum absolute atomic E-state index is 0.293. The van der Waals surface area contributed by atoms with Gasteiger partial charge in [-0.3, -0.25) is 10.2 Å². The quantitative estimate of drug-likeness (QED) is 0.814. The summed E-state index contributed by atoms with van der Waals surface area (Å²) in [4.78, 5) is 2.83. The van der Waals surface area contributed by atoms with Gasteiger partial charge in [0.15, 0.2) is 0 Å². The Labute approximate surface area is 124 Å². The number of hydrogen-bond acceptors (Lipinski definition) is 3. The number of hydrogen-bond donors (Lipinski definition) is 2. The van der Waals surface area contributed by atoms with E-state index in [2.05, 4.69) is 36.3 Å². The molecule has 3 rings (SSSR count). The van der Waals surface area contributed by atoms with E-state index in [0.29, 0.717) is 11.7 Å². The Morgan fingerprint density at radius 1 is 1.00 bits per heavy atom. The fourth-order valence-electron chi connectivity index (χ4n) is 4.78. The van der Waals surface area contributed by atoms with Gasteiger partial charge < -0.3 is 5.32 Å². The smallest absolute Gasteiger partial charge is 0.0610 e. The van der Waals surface area contributed by atoms with E-state index in [9.17, 15) is 0 Å². The summed E-state index contributed by atoms with van der Waals surface area (Å²) in [6.45, 7) is 9.66. The number of nitrogens with zero attached hydrogens (tertiary/aromatic N) is 1. The highest BCUT2D eigenvalue weighted by atomic mass is 15.4. The molecule has 2 aliphatic heterocycles. The van der Waals surface area contributed by atoms with Gasteiger partial charge in [0.05, 0.1) is 6.17 Å². The van der Waals surface area contributed by atoms with Crippen LogP contribution in [0.1, 0.15) is 65.7 Å². The van der Waals surface area contributed by atoms with E-state index in [1.807, 2.05) is 0 Å². The summed E-state index contributed by atoms with van der Waals surface area (Å²) >= 11 is 0. The summed E-state index contributed by atoms with van der Waals surface area (Å²) in [7, 11) is 0. The van der Waals surface area contributed by atoms with Crippen LogP contribution in [0.25, 0.3) is 0 Å². The van der Waals surface area contributed by atoms with Crippen LogP contribution in [-0.2, 0) is 0 Å². The first-order valence-electron chi connectivity index (χ1n) is 8.81. The predicted molar refractivity (Wildman–Crippen MR) is 84.8 cm³/mol. The molecule has 0 bridgehead atoms. The Hall–Kier alpha value is -0.120. The second kappa shape index (κ2) is 5.94. The van der Waals surface area contributed by atoms with Crippen LogP contribution in [-0.4, -0.2) is 41.8 Å². The minimum atomic E-state index is 0.293. The van der Waals surface area contributed by atoms with Crippen LogP contribution in [0, 0.1) is 5.92 Å². The van der Waals surface area contributed by atoms with Crippen molar-refractivity contribution in [3.63, 3.8) is 0 Å². The number of nitrogens with one attached hydrogen (secondary N) is 2. The highest BCUT2D eigenvalue weighted by molar-refractivity contribution is 5.02. The Kier molecular flexibility index (Phi) is 4.40. The van der Waals surface area contributed by atoms with Crippen LogP contribution in [0.15, 0.2) is 0 Å². The molecule has 0 aromatic heterocycles. The molecule has 2 heterocycles. The molecule has 0 aromatic carbocycles. The summed E-state index contributed by atoms with van der Waals surface area (Å²) in [5.74, 6) is 0.916. The molecule has 2 saturated heterocycles. The maximum absolute atomic E-state index is 4.00. The lowest BCUT2D eigenvalue weighted by atomic mass is 9.88. The van der Waals surface area contributed by atoms with Gasteiger partial charge in [0.1, 0.15) is 0 Å².